The number of amides is 2. The van der Waals surface area contributed by atoms with Crippen LogP contribution in [-0.4, -0.2) is 33.8 Å². The number of aromatic nitrogens is 1. The summed E-state index contributed by atoms with van der Waals surface area (Å²) in [7, 11) is -1.24. The SMILES string of the molecule is CS(=O)c1cccc(NC(=O)C(=O)NCCc2cc(C(F)(F)F)ccn2)c1. The number of rotatable bonds is 5. The maximum Gasteiger partial charge on any atom is 0.416 e. The van der Waals surface area contributed by atoms with Crippen molar-refractivity contribution in [1.82, 2.24) is 10.3 Å². The number of anilines is 1. The maximum absolute atomic E-state index is 12.6. The number of carbonyl (C=O) groups excluding carboxylic acids is 2. The lowest BCUT2D eigenvalue weighted by Gasteiger charge is -2.09. The van der Waals surface area contributed by atoms with E-state index < -0.39 is 34.4 Å². The van der Waals surface area contributed by atoms with Gasteiger partial charge < -0.3 is 10.6 Å². The van der Waals surface area contributed by atoms with Crippen LogP contribution in [0.2, 0.25) is 0 Å². The molecular formula is C17H16F3N3O3S. The summed E-state index contributed by atoms with van der Waals surface area (Å²) in [5, 5.41) is 4.68. The van der Waals surface area contributed by atoms with Crippen molar-refractivity contribution in [1.29, 1.82) is 0 Å². The zero-order valence-corrected chi connectivity index (χ0v) is 15.0. The molecule has 0 aliphatic carbocycles. The minimum absolute atomic E-state index is 0.0350. The third-order valence-electron chi connectivity index (χ3n) is 3.44. The van der Waals surface area contributed by atoms with E-state index in [2.05, 4.69) is 15.6 Å². The molecule has 1 aromatic carbocycles. The Morgan fingerprint density at radius 1 is 1.15 bits per heavy atom. The molecule has 0 aliphatic rings. The van der Waals surface area contributed by atoms with Gasteiger partial charge in [-0.3, -0.25) is 18.8 Å². The third kappa shape index (κ3) is 6.17. The van der Waals surface area contributed by atoms with Crippen molar-refractivity contribution in [2.45, 2.75) is 17.5 Å². The fraction of sp³-hybridized carbons (Fsp3) is 0.235. The zero-order chi connectivity index (χ0) is 20.0. The second kappa shape index (κ2) is 8.76. The Kier molecular flexibility index (Phi) is 6.67. The average molecular weight is 399 g/mol. The molecule has 2 aromatic rings. The van der Waals surface area contributed by atoms with Gasteiger partial charge in [-0.05, 0) is 30.3 Å². The first kappa shape index (κ1) is 20.6. The van der Waals surface area contributed by atoms with Crippen LogP contribution in [0.25, 0.3) is 0 Å². The van der Waals surface area contributed by atoms with Gasteiger partial charge in [-0.1, -0.05) is 6.07 Å². The van der Waals surface area contributed by atoms with E-state index in [0.717, 1.165) is 18.3 Å². The highest BCUT2D eigenvalue weighted by molar-refractivity contribution is 7.84. The number of hydrogen-bond donors (Lipinski definition) is 2. The highest BCUT2D eigenvalue weighted by Gasteiger charge is 2.30. The lowest BCUT2D eigenvalue weighted by atomic mass is 10.2. The molecule has 2 rings (SSSR count). The highest BCUT2D eigenvalue weighted by atomic mass is 32.2. The molecule has 27 heavy (non-hydrogen) atoms. The van der Waals surface area contributed by atoms with Gasteiger partial charge in [0.15, 0.2) is 0 Å². The fourth-order valence-electron chi connectivity index (χ4n) is 2.12. The van der Waals surface area contributed by atoms with Gasteiger partial charge >= 0.3 is 18.0 Å². The lowest BCUT2D eigenvalue weighted by molar-refractivity contribution is -0.137. The number of pyridine rings is 1. The summed E-state index contributed by atoms with van der Waals surface area (Å²) in [6.45, 7) is -0.0560. The second-order valence-corrected chi connectivity index (χ2v) is 6.86. The van der Waals surface area contributed by atoms with Crippen molar-refractivity contribution in [2.75, 3.05) is 18.1 Å². The van der Waals surface area contributed by atoms with Crippen molar-refractivity contribution >= 4 is 28.3 Å². The van der Waals surface area contributed by atoms with Gasteiger partial charge in [0.05, 0.1) is 5.56 Å². The molecule has 1 heterocycles. The van der Waals surface area contributed by atoms with Crippen LogP contribution in [0.5, 0.6) is 0 Å². The van der Waals surface area contributed by atoms with Crippen LogP contribution >= 0.6 is 0 Å². The second-order valence-electron chi connectivity index (χ2n) is 5.48. The van der Waals surface area contributed by atoms with Gasteiger partial charge in [0.1, 0.15) is 0 Å². The predicted molar refractivity (Wildman–Crippen MR) is 93.4 cm³/mol. The largest absolute Gasteiger partial charge is 0.416 e. The van der Waals surface area contributed by atoms with Crippen molar-refractivity contribution in [3.8, 4) is 0 Å². The number of hydrogen-bond acceptors (Lipinski definition) is 4. The Bertz CT molecular complexity index is 872. The smallest absolute Gasteiger partial charge is 0.347 e. The Labute approximate surface area is 155 Å². The predicted octanol–water partition coefficient (Wildman–Crippen LogP) is 2.14. The van der Waals surface area contributed by atoms with Crippen molar-refractivity contribution in [3.63, 3.8) is 0 Å². The van der Waals surface area contributed by atoms with E-state index in [0.29, 0.717) is 10.6 Å². The first-order chi connectivity index (χ1) is 12.7. The van der Waals surface area contributed by atoms with Crippen LogP contribution in [0.1, 0.15) is 11.3 Å². The molecule has 0 saturated heterocycles. The maximum atomic E-state index is 12.6. The molecular weight excluding hydrogens is 383 g/mol. The monoisotopic (exact) mass is 399 g/mol. The van der Waals surface area contributed by atoms with Crippen molar-refractivity contribution < 1.29 is 27.0 Å². The summed E-state index contributed by atoms with van der Waals surface area (Å²) >= 11 is 0. The standard InChI is InChI=1S/C17H16F3N3O3S/c1-27(26)14-4-2-3-13(10-14)23-16(25)15(24)22-8-6-12-9-11(5-7-21-12)17(18,19)20/h2-5,7,9-10H,6,8H2,1H3,(H,22,24)(H,23,25). The first-order valence-corrected chi connectivity index (χ1v) is 9.27. The Morgan fingerprint density at radius 3 is 2.56 bits per heavy atom. The molecule has 0 fully saturated rings. The first-order valence-electron chi connectivity index (χ1n) is 7.71. The quantitative estimate of drug-likeness (QED) is 0.754. The minimum atomic E-state index is -4.47. The van der Waals surface area contributed by atoms with E-state index in [9.17, 15) is 27.0 Å². The highest BCUT2D eigenvalue weighted by Crippen LogP contribution is 2.28. The van der Waals surface area contributed by atoms with E-state index in [1.54, 1.807) is 12.1 Å². The van der Waals surface area contributed by atoms with Crippen LogP contribution in [0.15, 0.2) is 47.5 Å². The molecule has 1 unspecified atom stereocenters. The zero-order valence-electron chi connectivity index (χ0n) is 14.2. The third-order valence-corrected chi connectivity index (χ3v) is 4.36. The molecule has 2 amide bonds. The Morgan fingerprint density at radius 2 is 1.89 bits per heavy atom. The number of nitrogens with zero attached hydrogens (tertiary/aromatic N) is 1. The van der Waals surface area contributed by atoms with Gasteiger partial charge in [-0.2, -0.15) is 13.2 Å². The number of alkyl halides is 3. The van der Waals surface area contributed by atoms with Crippen LogP contribution < -0.4 is 10.6 Å². The van der Waals surface area contributed by atoms with Crippen molar-refractivity contribution in [2.24, 2.45) is 0 Å². The number of benzene rings is 1. The van der Waals surface area contributed by atoms with E-state index in [1.807, 2.05) is 0 Å². The number of carbonyl (C=O) groups is 2. The van der Waals surface area contributed by atoms with E-state index in [-0.39, 0.29) is 18.7 Å². The lowest BCUT2D eigenvalue weighted by Crippen LogP contribution is -2.36. The molecule has 6 nitrogen and oxygen atoms in total. The van der Waals surface area contributed by atoms with Crippen LogP contribution in [-0.2, 0) is 33.0 Å². The van der Waals surface area contributed by atoms with Gasteiger partial charge in [-0.15, -0.1) is 0 Å². The number of nitrogens with one attached hydrogen (secondary N) is 2. The summed E-state index contributed by atoms with van der Waals surface area (Å²) in [6, 6.07) is 7.97. The summed E-state index contributed by atoms with van der Waals surface area (Å²) in [5.41, 5.74) is -0.379. The molecule has 2 N–H and O–H groups in total. The van der Waals surface area contributed by atoms with Gasteiger partial charge in [0.25, 0.3) is 0 Å². The van der Waals surface area contributed by atoms with Crippen LogP contribution in [0.3, 0.4) is 0 Å². The summed E-state index contributed by atoms with van der Waals surface area (Å²) in [5.74, 6) is -1.88. The molecule has 0 saturated carbocycles. The van der Waals surface area contributed by atoms with Gasteiger partial charge in [-0.25, -0.2) is 0 Å². The van der Waals surface area contributed by atoms with Crippen LogP contribution in [0, 0.1) is 0 Å². The Hall–Kier alpha value is -2.75. The summed E-state index contributed by atoms with van der Waals surface area (Å²) in [4.78, 5) is 28.0. The van der Waals surface area contributed by atoms with Gasteiger partial charge in [0.2, 0.25) is 0 Å². The van der Waals surface area contributed by atoms with E-state index in [1.165, 1.54) is 18.4 Å². The molecule has 10 heteroatoms. The molecule has 144 valence electrons. The fourth-order valence-corrected chi connectivity index (χ4v) is 2.68. The average Bonchev–Trinajstić information content (AvgIpc) is 2.61. The van der Waals surface area contributed by atoms with E-state index in [4.69, 9.17) is 0 Å². The van der Waals surface area contributed by atoms with Crippen LogP contribution in [0.4, 0.5) is 18.9 Å². The topological polar surface area (TPSA) is 88.2 Å². The summed E-state index contributed by atoms with van der Waals surface area (Å²) < 4.78 is 49.3. The van der Waals surface area contributed by atoms with Crippen molar-refractivity contribution in [3.05, 3.63) is 53.9 Å². The molecule has 0 radical (unpaired) electrons. The molecule has 0 aliphatic heterocycles. The molecule has 0 spiro atoms. The molecule has 1 atom stereocenters. The summed E-state index contributed by atoms with van der Waals surface area (Å²) in [6.07, 6.45) is -1.92. The van der Waals surface area contributed by atoms with E-state index >= 15 is 0 Å². The Balaban J connectivity index is 1.88. The minimum Gasteiger partial charge on any atom is -0.347 e. The molecule has 0 bridgehead atoms. The normalized spacial score (nSPS) is 12.3. The number of halogens is 3. The molecule has 1 aromatic heterocycles. The van der Waals surface area contributed by atoms with Gasteiger partial charge in [0, 0.05) is 52.5 Å².